The third-order valence-corrected chi connectivity index (χ3v) is 13.5. The van der Waals surface area contributed by atoms with Gasteiger partial charge in [-0.05, 0) is 144 Å². The van der Waals surface area contributed by atoms with Crippen molar-refractivity contribution < 1.29 is 41.3 Å². The molecule has 1 unspecified atom stereocenters. The average Bonchev–Trinajstić information content (AvgIpc) is 4.08. The van der Waals surface area contributed by atoms with Crippen LogP contribution in [-0.2, 0) is 0 Å². The molecule has 2 aliphatic carbocycles. The van der Waals surface area contributed by atoms with E-state index >= 15 is 0 Å². The van der Waals surface area contributed by atoms with Crippen LogP contribution in [-0.4, -0.2) is 68.7 Å². The number of hydrogen-bond acceptors (Lipinski definition) is 15. The Morgan fingerprint density at radius 2 is 1.12 bits per heavy atom. The van der Waals surface area contributed by atoms with Crippen LogP contribution in [0.25, 0.3) is 11.6 Å². The van der Waals surface area contributed by atoms with Gasteiger partial charge in [-0.1, -0.05) is 32.0 Å². The molecule has 1 amide bonds. The van der Waals surface area contributed by atoms with Gasteiger partial charge in [-0.3, -0.25) is 4.79 Å². The molecule has 68 heavy (non-hydrogen) atoms. The molecule has 2 fully saturated rings. The van der Waals surface area contributed by atoms with Crippen molar-refractivity contribution in [2.45, 2.75) is 73.7 Å². The normalized spacial score (nSPS) is 14.4. The van der Waals surface area contributed by atoms with E-state index < -0.39 is 41.9 Å². The van der Waals surface area contributed by atoms with E-state index in [1.54, 1.807) is 54.9 Å². The average molecular weight is 994 g/mol. The van der Waals surface area contributed by atoms with Gasteiger partial charge < -0.3 is 20.3 Å². The number of halogens is 5. The van der Waals surface area contributed by atoms with Gasteiger partial charge in [0.25, 0.3) is 5.91 Å². The molecule has 4 N–H and O–H groups in total. The summed E-state index contributed by atoms with van der Waals surface area (Å²) >= 11 is 0.884. The highest BCUT2D eigenvalue weighted by atomic mass is 33.1. The van der Waals surface area contributed by atoms with Crippen LogP contribution < -0.4 is 19.9 Å². The van der Waals surface area contributed by atoms with Gasteiger partial charge in [0.2, 0.25) is 41.5 Å². The Labute approximate surface area is 399 Å². The number of amides is 1. The van der Waals surface area contributed by atoms with Gasteiger partial charge in [0, 0.05) is 24.5 Å². The van der Waals surface area contributed by atoms with E-state index in [1.165, 1.54) is 105 Å². The van der Waals surface area contributed by atoms with Gasteiger partial charge in [0.15, 0.2) is 11.6 Å². The van der Waals surface area contributed by atoms with Crippen LogP contribution in [0.4, 0.5) is 22.0 Å². The van der Waals surface area contributed by atoms with E-state index in [0.717, 1.165) is 24.8 Å². The van der Waals surface area contributed by atoms with Crippen molar-refractivity contribution in [1.82, 2.24) is 49.2 Å². The predicted molar refractivity (Wildman–Crippen MR) is 244 cm³/mol. The quantitative estimate of drug-likeness (QED) is 0.0242. The van der Waals surface area contributed by atoms with Crippen LogP contribution >= 0.6 is 33.5 Å². The number of carbonyl (C=O) groups is 1. The van der Waals surface area contributed by atoms with E-state index in [-0.39, 0.29) is 22.8 Å². The van der Waals surface area contributed by atoms with Crippen LogP contribution in [0.2, 0.25) is 0 Å². The Balaban J connectivity index is 0.000000159. The summed E-state index contributed by atoms with van der Waals surface area (Å²) in [6.07, 6.45) is 8.85. The first kappa shape index (κ1) is 49.8. The maximum absolute atomic E-state index is 14.5. The van der Waals surface area contributed by atoms with Gasteiger partial charge >= 0.3 is 0 Å². The second kappa shape index (κ2) is 22.8. The SMILES string of the molecule is CC1(CCOc2ccn(-c3ccc(C(N)=O)c(F)n3)n2)CC1.CC1(CCOc2ccn(-c3ccc(C(O)NSc4cccc(F)n4)c(F)n3)n2)CC1.Fc1cccc(SSc2cccc(F)n2)n1. The van der Waals surface area contributed by atoms with Crippen LogP contribution in [0.3, 0.4) is 0 Å². The molecule has 7 aromatic heterocycles. The molecule has 15 nitrogen and oxygen atoms in total. The summed E-state index contributed by atoms with van der Waals surface area (Å²) in [4.78, 5) is 29.5. The summed E-state index contributed by atoms with van der Waals surface area (Å²) in [6, 6.07) is 22.4. The molecular formula is C45H44F5N11O4S3. The van der Waals surface area contributed by atoms with Crippen molar-refractivity contribution in [3.05, 3.63) is 144 Å². The lowest BCUT2D eigenvalue weighted by molar-refractivity contribution is 0.0995. The van der Waals surface area contributed by atoms with E-state index in [9.17, 15) is 31.9 Å². The first-order valence-electron chi connectivity index (χ1n) is 21.0. The zero-order valence-electron chi connectivity index (χ0n) is 36.4. The van der Waals surface area contributed by atoms with Gasteiger partial charge in [-0.15, -0.1) is 10.2 Å². The molecule has 0 bridgehead atoms. The van der Waals surface area contributed by atoms with Crippen LogP contribution in [0.5, 0.6) is 11.8 Å². The summed E-state index contributed by atoms with van der Waals surface area (Å²) in [5.74, 6) is -2.89. The maximum atomic E-state index is 14.5. The van der Waals surface area contributed by atoms with Crippen molar-refractivity contribution in [1.29, 1.82) is 0 Å². The van der Waals surface area contributed by atoms with Crippen molar-refractivity contribution in [3.8, 4) is 23.4 Å². The Bertz CT molecular complexity index is 2770. The fraction of sp³-hybridized carbons (Fsp3) is 0.289. The predicted octanol–water partition coefficient (Wildman–Crippen LogP) is 9.43. The smallest absolute Gasteiger partial charge is 0.253 e. The molecular weight excluding hydrogens is 950 g/mol. The number of nitrogens with two attached hydrogens (primary N) is 1. The van der Waals surface area contributed by atoms with E-state index in [4.69, 9.17) is 15.2 Å². The minimum absolute atomic E-state index is 0.0519. The molecule has 7 heterocycles. The van der Waals surface area contributed by atoms with Gasteiger partial charge in [-0.25, -0.2) is 29.0 Å². The number of carbonyl (C=O) groups excluding carboxylic acids is 1. The molecule has 0 aliphatic heterocycles. The summed E-state index contributed by atoms with van der Waals surface area (Å²) < 4.78 is 83.4. The molecule has 23 heteroatoms. The molecule has 0 saturated heterocycles. The molecule has 0 radical (unpaired) electrons. The van der Waals surface area contributed by atoms with Crippen molar-refractivity contribution in [2.75, 3.05) is 13.2 Å². The summed E-state index contributed by atoms with van der Waals surface area (Å²) in [5, 5.41) is 20.0. The van der Waals surface area contributed by atoms with Crippen molar-refractivity contribution in [2.24, 2.45) is 16.6 Å². The van der Waals surface area contributed by atoms with Crippen molar-refractivity contribution in [3.63, 3.8) is 0 Å². The second-order valence-corrected chi connectivity index (χ2v) is 19.1. The number of aliphatic hydroxyl groups excluding tert-OH is 1. The summed E-state index contributed by atoms with van der Waals surface area (Å²) in [7, 11) is 2.47. The molecule has 7 aromatic rings. The largest absolute Gasteiger partial charge is 0.477 e. The Morgan fingerprint density at radius 1 is 0.662 bits per heavy atom. The Hall–Kier alpha value is -6.14. The Morgan fingerprint density at radius 3 is 1.56 bits per heavy atom. The highest BCUT2D eigenvalue weighted by Crippen LogP contribution is 2.48. The highest BCUT2D eigenvalue weighted by molar-refractivity contribution is 8.76. The van der Waals surface area contributed by atoms with Crippen LogP contribution in [0.15, 0.2) is 118 Å². The van der Waals surface area contributed by atoms with Crippen LogP contribution in [0.1, 0.15) is 74.5 Å². The third-order valence-electron chi connectivity index (χ3n) is 10.5. The number of nitrogens with one attached hydrogen (secondary N) is 1. The Kier molecular flexibility index (Phi) is 16.7. The van der Waals surface area contributed by atoms with Crippen LogP contribution in [0, 0.1) is 40.6 Å². The monoisotopic (exact) mass is 993 g/mol. The van der Waals surface area contributed by atoms with E-state index in [1.807, 2.05) is 0 Å². The van der Waals surface area contributed by atoms with E-state index in [0.29, 0.717) is 50.9 Å². The standard InChI is InChI=1S/C20H21F2N5O2S.C15H17FN4O2.C10H6F2N2S2/c1-20(8-9-20)10-12-29-16-7-11-27(25-16)15-6-5-13(18(22)24-15)19(28)26-30-17-4-2-3-14(21)23-17;1-15(5-6-15)7-9-22-12-4-8-20(19-12)11-3-2-10(14(17)21)13(16)18-11;11-7-3-1-5-9(13-7)15-16-10-6-2-4-8(12)14-10/h2-7,11,19,26,28H,8-10,12H2,1H3;2-4,8H,5-7,9H2,1H3,(H2,17,21);1-6H. The zero-order chi connectivity index (χ0) is 48.3. The van der Waals surface area contributed by atoms with E-state index in [2.05, 4.69) is 53.7 Å². The number of aliphatic hydroxyl groups is 1. The number of pyridine rings is 5. The number of primary amides is 1. The number of rotatable bonds is 18. The third kappa shape index (κ3) is 14.9. The zero-order valence-corrected chi connectivity index (χ0v) is 38.9. The molecule has 2 aliphatic rings. The van der Waals surface area contributed by atoms with Crippen molar-refractivity contribution >= 4 is 39.4 Å². The highest BCUT2D eigenvalue weighted by Gasteiger charge is 2.37. The molecule has 9 rings (SSSR count). The number of ether oxygens (including phenoxy) is 2. The number of hydrogen-bond donors (Lipinski definition) is 3. The second-order valence-electron chi connectivity index (χ2n) is 16.1. The number of aromatic nitrogens is 9. The summed E-state index contributed by atoms with van der Waals surface area (Å²) in [5.41, 5.74) is 5.58. The molecule has 0 aromatic carbocycles. The molecule has 356 valence electrons. The maximum Gasteiger partial charge on any atom is 0.253 e. The topological polar surface area (TPSA) is 194 Å². The van der Waals surface area contributed by atoms with Gasteiger partial charge in [0.1, 0.15) is 21.3 Å². The fourth-order valence-corrected chi connectivity index (χ4v) is 8.24. The van der Waals surface area contributed by atoms with Gasteiger partial charge in [-0.2, -0.15) is 31.9 Å². The number of nitrogens with zero attached hydrogens (tertiary/aromatic N) is 9. The first-order valence-corrected chi connectivity index (χ1v) is 23.9. The summed E-state index contributed by atoms with van der Waals surface area (Å²) in [6.45, 7) is 5.67. The lowest BCUT2D eigenvalue weighted by atomic mass is 10.1. The lowest BCUT2D eigenvalue weighted by Crippen LogP contribution is -2.16. The minimum Gasteiger partial charge on any atom is -0.477 e. The van der Waals surface area contributed by atoms with Gasteiger partial charge in [0.05, 0.1) is 24.3 Å². The molecule has 0 spiro atoms. The minimum atomic E-state index is -1.36. The molecule has 2 saturated carbocycles. The lowest BCUT2D eigenvalue weighted by Gasteiger charge is -2.13. The molecule has 1 atom stereocenters. The fourth-order valence-electron chi connectivity index (χ4n) is 5.84. The first-order chi connectivity index (χ1) is 32.6.